The molecule has 0 unspecified atom stereocenters. The molecule has 6 heteroatoms. The van der Waals surface area contributed by atoms with E-state index in [4.69, 9.17) is 4.74 Å². The summed E-state index contributed by atoms with van der Waals surface area (Å²) in [6, 6.07) is 0. The van der Waals surface area contributed by atoms with Gasteiger partial charge in [0.1, 0.15) is 5.56 Å². The third kappa shape index (κ3) is 2.40. The van der Waals surface area contributed by atoms with E-state index in [0.29, 0.717) is 4.96 Å². The topological polar surface area (TPSA) is 60.7 Å². The molecule has 0 spiro atoms. The summed E-state index contributed by atoms with van der Waals surface area (Å²) in [6.07, 6.45) is 1.29. The highest BCUT2D eigenvalue weighted by Gasteiger charge is 2.23. The highest BCUT2D eigenvalue weighted by atomic mass is 32.1. The molecule has 102 valence electrons. The van der Waals surface area contributed by atoms with Gasteiger partial charge in [0.05, 0.1) is 12.8 Å². The summed E-state index contributed by atoms with van der Waals surface area (Å²) in [7, 11) is 0. The first-order chi connectivity index (χ1) is 8.86. The second kappa shape index (κ2) is 4.77. The van der Waals surface area contributed by atoms with Crippen molar-refractivity contribution in [2.45, 2.75) is 33.1 Å². The molecule has 2 rings (SSSR count). The number of fused-ring (bicyclic) bond motifs is 1. The summed E-state index contributed by atoms with van der Waals surface area (Å²) in [5.74, 6) is -0.625. The minimum atomic E-state index is -0.625. The number of hydrogen-bond donors (Lipinski definition) is 0. The van der Waals surface area contributed by atoms with Gasteiger partial charge in [-0.25, -0.2) is 9.78 Å². The average molecular weight is 280 g/mol. The number of rotatable bonds is 2. The van der Waals surface area contributed by atoms with Gasteiger partial charge in [0.15, 0.2) is 4.96 Å². The molecule has 0 aliphatic carbocycles. The average Bonchev–Trinajstić information content (AvgIpc) is 2.73. The Morgan fingerprint density at radius 1 is 1.47 bits per heavy atom. The van der Waals surface area contributed by atoms with Crippen molar-refractivity contribution in [1.29, 1.82) is 0 Å². The molecule has 2 aromatic heterocycles. The maximum atomic E-state index is 12.4. The van der Waals surface area contributed by atoms with Crippen LogP contribution in [0.1, 0.15) is 43.7 Å². The summed E-state index contributed by atoms with van der Waals surface area (Å²) >= 11 is 1.39. The highest BCUT2D eigenvalue weighted by molar-refractivity contribution is 7.15. The van der Waals surface area contributed by atoms with E-state index in [1.807, 2.05) is 26.2 Å². The third-order valence-corrected chi connectivity index (χ3v) is 3.55. The number of esters is 1. The van der Waals surface area contributed by atoms with Crippen LogP contribution in [-0.4, -0.2) is 22.0 Å². The molecule has 5 nitrogen and oxygen atoms in total. The Kier molecular flexibility index (Phi) is 3.45. The molecule has 0 aliphatic rings. The molecule has 0 atom stereocenters. The van der Waals surface area contributed by atoms with E-state index in [0.717, 1.165) is 5.69 Å². The van der Waals surface area contributed by atoms with Gasteiger partial charge in [-0.3, -0.25) is 9.20 Å². The van der Waals surface area contributed by atoms with Crippen molar-refractivity contribution in [3.63, 3.8) is 0 Å². The Hall–Kier alpha value is -1.69. The Morgan fingerprint density at radius 3 is 2.74 bits per heavy atom. The smallest absolute Gasteiger partial charge is 0.345 e. The summed E-state index contributed by atoms with van der Waals surface area (Å²) < 4.78 is 6.37. The van der Waals surface area contributed by atoms with Crippen molar-refractivity contribution in [2.24, 2.45) is 0 Å². The summed E-state index contributed by atoms with van der Waals surface area (Å²) in [6.45, 7) is 7.97. The van der Waals surface area contributed by atoms with Crippen LogP contribution in [0, 0.1) is 0 Å². The fraction of sp³-hybridized carbons (Fsp3) is 0.462. The second-order valence-electron chi connectivity index (χ2n) is 5.19. The maximum absolute atomic E-state index is 12.4. The number of ether oxygens (including phenoxy) is 1. The quantitative estimate of drug-likeness (QED) is 0.791. The summed E-state index contributed by atoms with van der Waals surface area (Å²) in [5, 5.41) is 1.90. The number of aromatic nitrogens is 2. The largest absolute Gasteiger partial charge is 0.462 e. The van der Waals surface area contributed by atoms with Crippen molar-refractivity contribution in [3.8, 4) is 0 Å². The van der Waals surface area contributed by atoms with Crippen LogP contribution in [0.3, 0.4) is 0 Å². The van der Waals surface area contributed by atoms with Gasteiger partial charge in [-0.05, 0) is 6.92 Å². The van der Waals surface area contributed by atoms with Gasteiger partial charge in [0.2, 0.25) is 0 Å². The lowest BCUT2D eigenvalue weighted by atomic mass is 9.93. The Balaban J connectivity index is 2.70. The Labute approximate surface area is 114 Å². The number of carbonyl (C=O) groups is 1. The van der Waals surface area contributed by atoms with Crippen molar-refractivity contribution in [3.05, 3.63) is 33.2 Å². The van der Waals surface area contributed by atoms with E-state index in [-0.39, 0.29) is 23.1 Å². The monoisotopic (exact) mass is 280 g/mol. The van der Waals surface area contributed by atoms with Gasteiger partial charge in [-0.2, -0.15) is 0 Å². The Bertz CT molecular complexity index is 679. The van der Waals surface area contributed by atoms with Gasteiger partial charge in [0.25, 0.3) is 5.56 Å². The number of hydrogen-bond acceptors (Lipinski definition) is 5. The Morgan fingerprint density at radius 2 is 2.16 bits per heavy atom. The van der Waals surface area contributed by atoms with Crippen LogP contribution in [0.2, 0.25) is 0 Å². The SMILES string of the molecule is CCOC(=O)c1cnc2scc(C(C)(C)C)n2c1=O. The van der Waals surface area contributed by atoms with E-state index in [1.165, 1.54) is 21.9 Å². The van der Waals surface area contributed by atoms with Gasteiger partial charge in [-0.1, -0.05) is 20.8 Å². The normalized spacial score (nSPS) is 11.8. The molecule has 0 aliphatic heterocycles. The van der Waals surface area contributed by atoms with Crippen LogP contribution in [0.15, 0.2) is 16.4 Å². The summed E-state index contributed by atoms with van der Waals surface area (Å²) in [5.41, 5.74) is 0.255. The van der Waals surface area contributed by atoms with Crippen molar-refractivity contribution >= 4 is 22.3 Å². The zero-order valence-corrected chi connectivity index (χ0v) is 12.2. The molecule has 19 heavy (non-hydrogen) atoms. The second-order valence-corrected chi connectivity index (χ2v) is 6.02. The highest BCUT2D eigenvalue weighted by Crippen LogP contribution is 2.25. The third-order valence-electron chi connectivity index (χ3n) is 2.71. The van der Waals surface area contributed by atoms with E-state index < -0.39 is 5.97 Å². The van der Waals surface area contributed by atoms with Crippen LogP contribution in [0.25, 0.3) is 4.96 Å². The number of thiazole rings is 1. The van der Waals surface area contributed by atoms with E-state index in [9.17, 15) is 9.59 Å². The molecule has 0 bridgehead atoms. The fourth-order valence-corrected chi connectivity index (χ4v) is 2.83. The van der Waals surface area contributed by atoms with Crippen molar-refractivity contribution < 1.29 is 9.53 Å². The number of carbonyl (C=O) groups excluding carboxylic acids is 1. The molecule has 0 fully saturated rings. The van der Waals surface area contributed by atoms with Crippen molar-refractivity contribution in [1.82, 2.24) is 9.38 Å². The van der Waals surface area contributed by atoms with Crippen LogP contribution < -0.4 is 5.56 Å². The minimum Gasteiger partial charge on any atom is -0.462 e. The molecule has 0 N–H and O–H groups in total. The molecule has 0 amide bonds. The van der Waals surface area contributed by atoms with Gasteiger partial charge in [-0.15, -0.1) is 11.3 Å². The van der Waals surface area contributed by atoms with Gasteiger partial charge in [0, 0.05) is 16.5 Å². The molecular weight excluding hydrogens is 264 g/mol. The molecule has 2 aromatic rings. The standard InChI is InChI=1S/C13H16N2O3S/c1-5-18-11(17)8-6-14-12-15(10(8)16)9(7-19-12)13(2,3)4/h6-7H,5H2,1-4H3. The van der Waals surface area contributed by atoms with Gasteiger partial charge >= 0.3 is 5.97 Å². The first-order valence-corrected chi connectivity index (χ1v) is 6.91. The van der Waals surface area contributed by atoms with E-state index in [1.54, 1.807) is 6.92 Å². The minimum absolute atomic E-state index is 0.0248. The molecule has 0 radical (unpaired) electrons. The van der Waals surface area contributed by atoms with Crippen molar-refractivity contribution in [2.75, 3.05) is 6.61 Å². The zero-order valence-electron chi connectivity index (χ0n) is 11.4. The lowest BCUT2D eigenvalue weighted by molar-refractivity contribution is 0.0523. The lowest BCUT2D eigenvalue weighted by Crippen LogP contribution is -2.28. The van der Waals surface area contributed by atoms with Crippen LogP contribution in [0.4, 0.5) is 0 Å². The maximum Gasteiger partial charge on any atom is 0.345 e. The first-order valence-electron chi connectivity index (χ1n) is 6.03. The lowest BCUT2D eigenvalue weighted by Gasteiger charge is -2.17. The molecule has 0 saturated carbocycles. The van der Waals surface area contributed by atoms with Crippen LogP contribution in [0.5, 0.6) is 0 Å². The predicted octanol–water partition coefficient (Wildman–Crippen LogP) is 2.23. The van der Waals surface area contributed by atoms with Crippen LogP contribution >= 0.6 is 11.3 Å². The predicted molar refractivity (Wildman–Crippen MR) is 74.0 cm³/mol. The summed E-state index contributed by atoms with van der Waals surface area (Å²) in [4.78, 5) is 28.9. The van der Waals surface area contributed by atoms with Gasteiger partial charge < -0.3 is 4.74 Å². The van der Waals surface area contributed by atoms with E-state index in [2.05, 4.69) is 4.98 Å². The molecule has 0 saturated heterocycles. The van der Waals surface area contributed by atoms with E-state index >= 15 is 0 Å². The number of nitrogens with zero attached hydrogens (tertiary/aromatic N) is 2. The fourth-order valence-electron chi connectivity index (χ4n) is 1.76. The molecular formula is C13H16N2O3S. The van der Waals surface area contributed by atoms with Crippen LogP contribution in [-0.2, 0) is 10.2 Å². The first kappa shape index (κ1) is 13.7. The molecule has 0 aromatic carbocycles. The zero-order chi connectivity index (χ0) is 14.2. The molecule has 2 heterocycles.